The van der Waals surface area contributed by atoms with Gasteiger partial charge in [0, 0.05) is 16.8 Å². The molecule has 2 aromatic carbocycles. The first-order chi connectivity index (χ1) is 15.9. The fourth-order valence-corrected chi connectivity index (χ4v) is 3.91. The van der Waals surface area contributed by atoms with Gasteiger partial charge in [-0.3, -0.25) is 4.79 Å². The van der Waals surface area contributed by atoms with Gasteiger partial charge in [0.15, 0.2) is 17.3 Å². The van der Waals surface area contributed by atoms with Gasteiger partial charge in [0.2, 0.25) is 11.9 Å². The van der Waals surface area contributed by atoms with Gasteiger partial charge in [-0.05, 0) is 43.3 Å². The van der Waals surface area contributed by atoms with Crippen molar-refractivity contribution in [2.45, 2.75) is 13.0 Å². The van der Waals surface area contributed by atoms with Crippen LogP contribution in [0.25, 0.3) is 11.4 Å². The van der Waals surface area contributed by atoms with Gasteiger partial charge >= 0.3 is 0 Å². The Labute approximate surface area is 190 Å². The number of amides is 1. The summed E-state index contributed by atoms with van der Waals surface area (Å²) in [6, 6.07) is 10.1. The topological polar surface area (TPSA) is 123 Å². The minimum atomic E-state index is -0.676. The van der Waals surface area contributed by atoms with Crippen molar-refractivity contribution in [3.05, 3.63) is 53.2 Å². The molecular weight excluding hydrogens is 426 g/mol. The number of allylic oxidation sites excluding steroid dienone is 1. The second-order valence-electron chi connectivity index (χ2n) is 7.31. The molecule has 3 N–H and O–H groups in total. The van der Waals surface area contributed by atoms with Gasteiger partial charge < -0.3 is 30.0 Å². The van der Waals surface area contributed by atoms with Crippen LogP contribution in [0.4, 0.5) is 5.95 Å². The highest BCUT2D eigenvalue weighted by molar-refractivity contribution is 5.95. The monoisotopic (exact) mass is 451 g/mol. The molecule has 3 aromatic rings. The summed E-state index contributed by atoms with van der Waals surface area (Å²) in [5.74, 6) is 2.62. The number of benzene rings is 2. The lowest BCUT2D eigenvalue weighted by atomic mass is 9.94. The summed E-state index contributed by atoms with van der Waals surface area (Å²) in [5.41, 5.74) is 8.09. The first-order valence-electron chi connectivity index (χ1n) is 10.1. The quantitative estimate of drug-likeness (QED) is 0.562. The number of nitrogens with one attached hydrogen (secondary N) is 1. The van der Waals surface area contributed by atoms with E-state index >= 15 is 0 Å². The van der Waals surface area contributed by atoms with Crippen molar-refractivity contribution in [1.29, 1.82) is 0 Å². The van der Waals surface area contributed by atoms with Crippen LogP contribution in [0.2, 0.25) is 0 Å². The number of methoxy groups -OCH3 is 4. The van der Waals surface area contributed by atoms with Gasteiger partial charge in [-0.1, -0.05) is 0 Å². The van der Waals surface area contributed by atoms with Crippen molar-refractivity contribution in [2.75, 3.05) is 33.8 Å². The van der Waals surface area contributed by atoms with Crippen LogP contribution in [0.5, 0.6) is 23.0 Å². The Kier molecular flexibility index (Phi) is 5.82. The first-order valence-corrected chi connectivity index (χ1v) is 10.1. The van der Waals surface area contributed by atoms with Gasteiger partial charge in [-0.2, -0.15) is 4.98 Å². The number of carbonyl (C=O) groups is 1. The summed E-state index contributed by atoms with van der Waals surface area (Å²) in [4.78, 5) is 17.2. The molecule has 1 atom stereocenters. The molecule has 10 heteroatoms. The van der Waals surface area contributed by atoms with Crippen LogP contribution >= 0.6 is 0 Å². The zero-order chi connectivity index (χ0) is 23.7. The van der Waals surface area contributed by atoms with E-state index in [1.165, 1.54) is 0 Å². The number of ether oxygens (including phenoxy) is 4. The molecule has 0 spiro atoms. The molecule has 1 aliphatic heterocycles. The molecule has 0 fully saturated rings. The summed E-state index contributed by atoms with van der Waals surface area (Å²) < 4.78 is 23.3. The Bertz CT molecular complexity index is 1250. The molecule has 0 aliphatic carbocycles. The van der Waals surface area contributed by atoms with Crippen LogP contribution in [0, 0.1) is 0 Å². The molecule has 4 rings (SSSR count). The average Bonchev–Trinajstić information content (AvgIpc) is 3.25. The molecule has 0 bridgehead atoms. The highest BCUT2D eigenvalue weighted by Gasteiger charge is 2.35. The zero-order valence-corrected chi connectivity index (χ0v) is 19.0. The summed E-state index contributed by atoms with van der Waals surface area (Å²) in [5, 5.41) is 7.85. The van der Waals surface area contributed by atoms with Crippen LogP contribution in [0.15, 0.2) is 47.7 Å². The van der Waals surface area contributed by atoms with E-state index in [0.717, 1.165) is 0 Å². The standard InChI is InChI=1S/C23H25N5O5/c1-12-19(21(24)29)20(15-11-14(30-2)7-9-16(15)31-3)28-23(25-12)26-22(27-28)13-6-8-17(32-4)18(10-13)33-5/h6-11,20H,1-5H3,(H2,24,29)(H,25,26,27). The molecule has 0 saturated carbocycles. The first kappa shape index (κ1) is 22.0. The Morgan fingerprint density at radius 2 is 1.67 bits per heavy atom. The third-order valence-electron chi connectivity index (χ3n) is 5.49. The lowest BCUT2D eigenvalue weighted by Crippen LogP contribution is -2.32. The maximum absolute atomic E-state index is 12.5. The van der Waals surface area contributed by atoms with Crippen molar-refractivity contribution in [3.63, 3.8) is 0 Å². The molecule has 10 nitrogen and oxygen atoms in total. The van der Waals surface area contributed by atoms with E-state index in [9.17, 15) is 4.79 Å². The van der Waals surface area contributed by atoms with Gasteiger partial charge in [0.05, 0.1) is 34.0 Å². The molecule has 1 unspecified atom stereocenters. The number of hydrogen-bond acceptors (Lipinski definition) is 8. The van der Waals surface area contributed by atoms with Crippen LogP contribution in [0.1, 0.15) is 18.5 Å². The summed E-state index contributed by atoms with van der Waals surface area (Å²) in [6.45, 7) is 1.77. The van der Waals surface area contributed by atoms with Crippen molar-refractivity contribution in [2.24, 2.45) is 5.73 Å². The number of hydrogen-bond donors (Lipinski definition) is 2. The minimum absolute atomic E-state index is 0.345. The second-order valence-corrected chi connectivity index (χ2v) is 7.31. The van der Waals surface area contributed by atoms with E-state index in [1.807, 2.05) is 6.07 Å². The highest BCUT2D eigenvalue weighted by Crippen LogP contribution is 2.41. The maximum atomic E-state index is 12.5. The lowest BCUT2D eigenvalue weighted by Gasteiger charge is -2.28. The largest absolute Gasteiger partial charge is 0.497 e. The molecule has 33 heavy (non-hydrogen) atoms. The SMILES string of the molecule is COc1ccc(OC)c(C2C(C(N)=O)=C(C)Nc3nc(-c4ccc(OC)c(OC)c4)nn32)c1. The number of primary amides is 1. The number of nitrogens with zero attached hydrogens (tertiary/aromatic N) is 3. The Hall–Kier alpha value is -4.21. The number of anilines is 1. The van der Waals surface area contributed by atoms with Crippen molar-refractivity contribution >= 4 is 11.9 Å². The molecule has 1 amide bonds. The van der Waals surface area contributed by atoms with E-state index in [2.05, 4.69) is 10.3 Å². The van der Waals surface area contributed by atoms with Crippen molar-refractivity contribution in [1.82, 2.24) is 14.8 Å². The molecule has 172 valence electrons. The van der Waals surface area contributed by atoms with E-state index in [-0.39, 0.29) is 0 Å². The fourth-order valence-electron chi connectivity index (χ4n) is 3.91. The molecule has 1 aromatic heterocycles. The van der Waals surface area contributed by atoms with Gasteiger partial charge in [0.1, 0.15) is 17.5 Å². The molecule has 0 saturated heterocycles. The van der Waals surface area contributed by atoms with E-state index in [0.29, 0.717) is 57.2 Å². The smallest absolute Gasteiger partial charge is 0.248 e. The lowest BCUT2D eigenvalue weighted by molar-refractivity contribution is -0.115. The Balaban J connectivity index is 1.91. The fraction of sp³-hybridized carbons (Fsp3) is 0.261. The maximum Gasteiger partial charge on any atom is 0.248 e. The Morgan fingerprint density at radius 3 is 2.30 bits per heavy atom. The highest BCUT2D eigenvalue weighted by atomic mass is 16.5. The van der Waals surface area contributed by atoms with Crippen LogP contribution < -0.4 is 30.0 Å². The zero-order valence-electron chi connectivity index (χ0n) is 19.0. The summed E-state index contributed by atoms with van der Waals surface area (Å²) in [6.07, 6.45) is 0. The predicted molar refractivity (Wildman–Crippen MR) is 122 cm³/mol. The molecular formula is C23H25N5O5. The third-order valence-corrected chi connectivity index (χ3v) is 5.49. The van der Waals surface area contributed by atoms with Crippen molar-refractivity contribution in [3.8, 4) is 34.4 Å². The van der Waals surface area contributed by atoms with E-state index < -0.39 is 11.9 Å². The van der Waals surface area contributed by atoms with E-state index in [1.54, 1.807) is 70.4 Å². The minimum Gasteiger partial charge on any atom is -0.497 e. The van der Waals surface area contributed by atoms with Crippen molar-refractivity contribution < 1.29 is 23.7 Å². The predicted octanol–water partition coefficient (Wildman–Crippen LogP) is 2.75. The second kappa shape index (κ2) is 8.73. The van der Waals surface area contributed by atoms with Gasteiger partial charge in [0.25, 0.3) is 0 Å². The van der Waals surface area contributed by atoms with Crippen LogP contribution in [-0.4, -0.2) is 49.1 Å². The normalized spacial score (nSPS) is 14.9. The summed E-state index contributed by atoms with van der Waals surface area (Å²) in [7, 11) is 6.26. The molecule has 2 heterocycles. The summed E-state index contributed by atoms with van der Waals surface area (Å²) >= 11 is 0. The van der Waals surface area contributed by atoms with Crippen LogP contribution in [-0.2, 0) is 4.79 Å². The third kappa shape index (κ3) is 3.79. The molecule has 1 aliphatic rings. The Morgan fingerprint density at radius 1 is 0.970 bits per heavy atom. The van der Waals surface area contributed by atoms with Gasteiger partial charge in [-0.15, -0.1) is 5.10 Å². The van der Waals surface area contributed by atoms with Crippen LogP contribution in [0.3, 0.4) is 0 Å². The number of aromatic nitrogens is 3. The number of rotatable bonds is 7. The number of carbonyl (C=O) groups excluding carboxylic acids is 1. The average molecular weight is 451 g/mol. The molecule has 0 radical (unpaired) electrons. The number of fused-ring (bicyclic) bond motifs is 1. The van der Waals surface area contributed by atoms with E-state index in [4.69, 9.17) is 29.8 Å². The number of nitrogens with two attached hydrogens (primary N) is 1. The van der Waals surface area contributed by atoms with Gasteiger partial charge in [-0.25, -0.2) is 4.68 Å².